The van der Waals surface area contributed by atoms with Crippen LogP contribution in [0.4, 0.5) is 5.69 Å². The van der Waals surface area contributed by atoms with Crippen molar-refractivity contribution >= 4 is 27.5 Å². The molecule has 0 fully saturated rings. The Balaban J connectivity index is 2.05. The largest absolute Gasteiger partial charge is 0.385 e. The minimum atomic E-state index is -3.40. The number of benzene rings is 1. The summed E-state index contributed by atoms with van der Waals surface area (Å²) in [6, 6.07) is 5.36. The Morgan fingerprint density at radius 2 is 2.25 bits per heavy atom. The number of hydrogen-bond acceptors (Lipinski definition) is 4. The fourth-order valence-electron chi connectivity index (χ4n) is 2.20. The molecule has 112 valence electrons. The maximum Gasteiger partial charge on any atom is 0.240 e. The zero-order valence-corrected chi connectivity index (χ0v) is 13.6. The molecule has 20 heavy (non-hydrogen) atoms. The van der Waals surface area contributed by atoms with Crippen molar-refractivity contribution in [2.24, 2.45) is 0 Å². The van der Waals surface area contributed by atoms with Crippen LogP contribution in [-0.4, -0.2) is 33.0 Å². The lowest BCUT2D eigenvalue weighted by Gasteiger charge is -2.19. The van der Waals surface area contributed by atoms with Gasteiger partial charge in [-0.15, -0.1) is 0 Å². The predicted molar refractivity (Wildman–Crippen MR) is 86.0 cm³/mol. The van der Waals surface area contributed by atoms with Gasteiger partial charge in [-0.2, -0.15) is 11.8 Å². The van der Waals surface area contributed by atoms with Crippen LogP contribution in [0, 0.1) is 0 Å². The second-order valence-electron chi connectivity index (χ2n) is 5.08. The molecule has 0 radical (unpaired) electrons. The second kappa shape index (κ2) is 6.83. The summed E-state index contributed by atoms with van der Waals surface area (Å²) < 4.78 is 27.2. The highest BCUT2D eigenvalue weighted by Crippen LogP contribution is 2.25. The van der Waals surface area contributed by atoms with Crippen LogP contribution in [0.5, 0.6) is 0 Å². The molecule has 1 aliphatic heterocycles. The molecule has 4 nitrogen and oxygen atoms in total. The molecule has 1 unspecified atom stereocenters. The standard InChI is InChI=1S/C14H22N2O2S2/c1-11(19-2)7-9-16-20(17,18)13-6-5-12-4-3-8-15-14(12)10-13/h5-6,10-11,15-16H,3-4,7-9H2,1-2H3. The van der Waals surface area contributed by atoms with Gasteiger partial charge in [-0.05, 0) is 43.2 Å². The Labute approximate surface area is 125 Å². The van der Waals surface area contributed by atoms with Gasteiger partial charge in [0.05, 0.1) is 4.90 Å². The van der Waals surface area contributed by atoms with Crippen molar-refractivity contribution in [1.82, 2.24) is 4.72 Å². The van der Waals surface area contributed by atoms with Gasteiger partial charge in [-0.3, -0.25) is 0 Å². The summed E-state index contributed by atoms with van der Waals surface area (Å²) in [5.74, 6) is 0. The minimum Gasteiger partial charge on any atom is -0.385 e. The van der Waals surface area contributed by atoms with Crippen molar-refractivity contribution in [3.8, 4) is 0 Å². The summed E-state index contributed by atoms with van der Waals surface area (Å²) in [4.78, 5) is 0.349. The first-order chi connectivity index (χ1) is 9.53. The number of fused-ring (bicyclic) bond motifs is 1. The number of hydrogen-bond donors (Lipinski definition) is 2. The van der Waals surface area contributed by atoms with Gasteiger partial charge in [0.15, 0.2) is 0 Å². The monoisotopic (exact) mass is 314 g/mol. The van der Waals surface area contributed by atoms with E-state index in [0.29, 0.717) is 16.7 Å². The summed E-state index contributed by atoms with van der Waals surface area (Å²) in [6.45, 7) is 3.49. The lowest BCUT2D eigenvalue weighted by Crippen LogP contribution is -2.26. The Morgan fingerprint density at radius 1 is 1.45 bits per heavy atom. The number of aryl methyl sites for hydroxylation is 1. The molecule has 0 aromatic heterocycles. The van der Waals surface area contributed by atoms with Gasteiger partial charge in [0, 0.05) is 24.0 Å². The topological polar surface area (TPSA) is 58.2 Å². The van der Waals surface area contributed by atoms with Crippen molar-refractivity contribution in [3.05, 3.63) is 23.8 Å². The average molecular weight is 314 g/mol. The molecule has 1 aromatic rings. The van der Waals surface area contributed by atoms with Crippen molar-refractivity contribution in [3.63, 3.8) is 0 Å². The van der Waals surface area contributed by atoms with E-state index in [1.807, 2.05) is 12.3 Å². The lowest BCUT2D eigenvalue weighted by molar-refractivity contribution is 0.579. The Hall–Kier alpha value is -0.720. The molecule has 0 bridgehead atoms. The molecule has 0 spiro atoms. The van der Waals surface area contributed by atoms with Gasteiger partial charge in [0.25, 0.3) is 0 Å². The van der Waals surface area contributed by atoms with Crippen LogP contribution < -0.4 is 10.0 Å². The molecule has 2 N–H and O–H groups in total. The highest BCUT2D eigenvalue weighted by Gasteiger charge is 2.17. The first kappa shape index (κ1) is 15.7. The smallest absolute Gasteiger partial charge is 0.240 e. The van der Waals surface area contributed by atoms with Crippen LogP contribution in [0.15, 0.2) is 23.1 Å². The second-order valence-corrected chi connectivity index (χ2v) is 8.13. The van der Waals surface area contributed by atoms with Crippen molar-refractivity contribution in [2.75, 3.05) is 24.7 Å². The summed E-state index contributed by atoms with van der Waals surface area (Å²) in [6.07, 6.45) is 4.99. The number of sulfonamides is 1. The van der Waals surface area contributed by atoms with Gasteiger partial charge in [0.1, 0.15) is 0 Å². The highest BCUT2D eigenvalue weighted by atomic mass is 32.2. The number of nitrogens with one attached hydrogen (secondary N) is 2. The third-order valence-electron chi connectivity index (χ3n) is 3.58. The first-order valence-corrected chi connectivity index (χ1v) is 9.69. The normalized spacial score (nSPS) is 16.3. The van der Waals surface area contributed by atoms with E-state index in [1.165, 1.54) is 5.56 Å². The molecule has 0 saturated heterocycles. The van der Waals surface area contributed by atoms with E-state index < -0.39 is 10.0 Å². The molecule has 6 heteroatoms. The quantitative estimate of drug-likeness (QED) is 0.847. The van der Waals surface area contributed by atoms with Crippen LogP contribution in [0.3, 0.4) is 0 Å². The third kappa shape index (κ3) is 3.90. The molecule has 0 amide bonds. The summed E-state index contributed by atoms with van der Waals surface area (Å²) >= 11 is 1.74. The average Bonchev–Trinajstić information content (AvgIpc) is 2.46. The van der Waals surface area contributed by atoms with Crippen molar-refractivity contribution in [1.29, 1.82) is 0 Å². The third-order valence-corrected chi connectivity index (χ3v) is 6.07. The molecule has 1 aliphatic rings. The summed E-state index contributed by atoms with van der Waals surface area (Å²) in [7, 11) is -3.40. The van der Waals surface area contributed by atoms with Gasteiger partial charge in [-0.25, -0.2) is 13.1 Å². The van der Waals surface area contributed by atoms with E-state index in [0.717, 1.165) is 31.5 Å². The molecule has 1 aromatic carbocycles. The summed E-state index contributed by atoms with van der Waals surface area (Å²) in [5, 5.41) is 3.72. The first-order valence-electron chi connectivity index (χ1n) is 6.92. The van der Waals surface area contributed by atoms with Gasteiger partial charge in [0.2, 0.25) is 10.0 Å². The molecule has 1 heterocycles. The molecule has 0 saturated carbocycles. The summed E-state index contributed by atoms with van der Waals surface area (Å²) in [5.41, 5.74) is 2.16. The fraction of sp³-hybridized carbons (Fsp3) is 0.571. The van der Waals surface area contributed by atoms with E-state index >= 15 is 0 Å². The lowest BCUT2D eigenvalue weighted by atomic mass is 10.0. The van der Waals surface area contributed by atoms with E-state index in [9.17, 15) is 8.42 Å². The Kier molecular flexibility index (Phi) is 5.35. The van der Waals surface area contributed by atoms with Crippen LogP contribution in [0.1, 0.15) is 25.3 Å². The van der Waals surface area contributed by atoms with Crippen molar-refractivity contribution in [2.45, 2.75) is 36.3 Å². The molecule has 1 atom stereocenters. The maximum absolute atomic E-state index is 12.2. The molecular weight excluding hydrogens is 292 g/mol. The SMILES string of the molecule is CSC(C)CCNS(=O)(=O)c1ccc2c(c1)NCCC2. The van der Waals surface area contributed by atoms with E-state index in [2.05, 4.69) is 17.0 Å². The maximum atomic E-state index is 12.2. The van der Waals surface area contributed by atoms with Gasteiger partial charge in [-0.1, -0.05) is 13.0 Å². The van der Waals surface area contributed by atoms with Gasteiger partial charge < -0.3 is 5.32 Å². The molecule has 0 aliphatic carbocycles. The minimum absolute atomic E-state index is 0.349. The van der Waals surface area contributed by atoms with E-state index in [-0.39, 0.29) is 0 Å². The number of rotatable bonds is 6. The van der Waals surface area contributed by atoms with Crippen LogP contribution in [0.25, 0.3) is 0 Å². The molecular formula is C14H22N2O2S2. The van der Waals surface area contributed by atoms with Gasteiger partial charge >= 0.3 is 0 Å². The Morgan fingerprint density at radius 3 is 3.00 bits per heavy atom. The van der Waals surface area contributed by atoms with Crippen LogP contribution >= 0.6 is 11.8 Å². The Bertz CT molecular complexity index is 558. The van der Waals surface area contributed by atoms with Crippen molar-refractivity contribution < 1.29 is 8.42 Å². The van der Waals surface area contributed by atoms with Crippen LogP contribution in [0.2, 0.25) is 0 Å². The number of thioether (sulfide) groups is 1. The zero-order valence-electron chi connectivity index (χ0n) is 12.0. The highest BCUT2D eigenvalue weighted by molar-refractivity contribution is 7.99. The zero-order chi connectivity index (χ0) is 14.6. The van der Waals surface area contributed by atoms with E-state index in [1.54, 1.807) is 23.9 Å². The van der Waals surface area contributed by atoms with Crippen LogP contribution in [-0.2, 0) is 16.4 Å². The predicted octanol–water partition coefficient (Wildman–Crippen LogP) is 2.46. The fourth-order valence-corrected chi connectivity index (χ4v) is 3.63. The molecule has 2 rings (SSSR count). The number of anilines is 1. The van der Waals surface area contributed by atoms with E-state index in [4.69, 9.17) is 0 Å².